The molecule has 0 aliphatic rings. The fourth-order valence-corrected chi connectivity index (χ4v) is 0.769. The first-order chi connectivity index (χ1) is 4.76. The third-order valence-electron chi connectivity index (χ3n) is 1.76. The lowest BCUT2D eigenvalue weighted by molar-refractivity contribution is -0.0316. The highest BCUT2D eigenvalue weighted by molar-refractivity contribution is 5.09. The van der Waals surface area contributed by atoms with E-state index in [4.69, 9.17) is 0 Å². The van der Waals surface area contributed by atoms with Gasteiger partial charge in [-0.15, -0.1) is 0 Å². The predicted molar refractivity (Wildman–Crippen MR) is 46.3 cm³/mol. The average Bonchev–Trinajstić information content (AvgIpc) is 1.82. The van der Waals surface area contributed by atoms with Gasteiger partial charge in [-0.1, -0.05) is 20.4 Å². The summed E-state index contributed by atoms with van der Waals surface area (Å²) in [7, 11) is 0. The van der Waals surface area contributed by atoms with Gasteiger partial charge < -0.3 is 10.2 Å². The van der Waals surface area contributed by atoms with Crippen molar-refractivity contribution in [3.05, 3.63) is 12.2 Å². The Morgan fingerprint density at radius 1 is 1.36 bits per heavy atom. The average molecular weight is 158 g/mol. The molecule has 0 aliphatic heterocycles. The molecule has 0 heterocycles. The minimum Gasteiger partial charge on any atom is -0.387 e. The van der Waals surface area contributed by atoms with Gasteiger partial charge in [-0.05, 0) is 25.3 Å². The summed E-state index contributed by atoms with van der Waals surface area (Å²) >= 11 is 0. The maximum absolute atomic E-state index is 9.48. The van der Waals surface area contributed by atoms with Gasteiger partial charge in [0.2, 0.25) is 0 Å². The molecule has 2 nitrogen and oxygen atoms in total. The van der Waals surface area contributed by atoms with Crippen molar-refractivity contribution in [2.75, 3.05) is 0 Å². The van der Waals surface area contributed by atoms with Crippen molar-refractivity contribution < 1.29 is 10.2 Å². The van der Waals surface area contributed by atoms with Crippen molar-refractivity contribution >= 4 is 0 Å². The molecule has 0 spiro atoms. The lowest BCUT2D eigenvalue weighted by atomic mass is 9.89. The zero-order chi connectivity index (χ0) is 9.23. The molecule has 0 bridgehead atoms. The lowest BCUT2D eigenvalue weighted by Gasteiger charge is -2.28. The van der Waals surface area contributed by atoms with Gasteiger partial charge in [0.05, 0.1) is 5.60 Å². The van der Waals surface area contributed by atoms with Crippen LogP contribution in [0.2, 0.25) is 0 Å². The molecule has 0 aliphatic carbocycles. The van der Waals surface area contributed by atoms with Crippen molar-refractivity contribution in [3.8, 4) is 0 Å². The smallest absolute Gasteiger partial charge is 0.103 e. The zero-order valence-electron chi connectivity index (χ0n) is 7.76. The number of hydrogen-bond donors (Lipinski definition) is 2. The molecule has 0 aromatic heterocycles. The minimum atomic E-state index is -1.08. The summed E-state index contributed by atoms with van der Waals surface area (Å²) in [5.41, 5.74) is -0.404. The van der Waals surface area contributed by atoms with Crippen molar-refractivity contribution in [3.63, 3.8) is 0 Å². The van der Waals surface area contributed by atoms with Crippen LogP contribution in [0.3, 0.4) is 0 Å². The lowest BCUT2D eigenvalue weighted by Crippen LogP contribution is -2.38. The molecule has 0 rings (SSSR count). The second kappa shape index (κ2) is 3.37. The number of aliphatic hydroxyl groups excluding tert-OH is 1. The topological polar surface area (TPSA) is 40.5 Å². The standard InChI is InChI=1S/C9H18O2/c1-6(2)7(3)8(10)9(4,5)11/h6,8,10-11H,3H2,1-2,4-5H3. The van der Waals surface area contributed by atoms with Gasteiger partial charge in [0.1, 0.15) is 6.10 Å². The summed E-state index contributed by atoms with van der Waals surface area (Å²) < 4.78 is 0. The molecule has 1 unspecified atom stereocenters. The first-order valence-corrected chi connectivity index (χ1v) is 3.86. The van der Waals surface area contributed by atoms with E-state index >= 15 is 0 Å². The number of aliphatic hydroxyl groups is 2. The highest BCUT2D eigenvalue weighted by Crippen LogP contribution is 2.20. The Bertz CT molecular complexity index is 142. The molecule has 11 heavy (non-hydrogen) atoms. The van der Waals surface area contributed by atoms with Crippen LogP contribution in [0.25, 0.3) is 0 Å². The van der Waals surface area contributed by atoms with Crippen LogP contribution in [0, 0.1) is 5.92 Å². The first kappa shape index (κ1) is 10.7. The monoisotopic (exact) mass is 158 g/mol. The number of hydrogen-bond acceptors (Lipinski definition) is 2. The van der Waals surface area contributed by atoms with Gasteiger partial charge in [-0.25, -0.2) is 0 Å². The van der Waals surface area contributed by atoms with Gasteiger partial charge in [-0.3, -0.25) is 0 Å². The van der Waals surface area contributed by atoms with Crippen LogP contribution in [0.5, 0.6) is 0 Å². The van der Waals surface area contributed by atoms with Crippen LogP contribution in [0.1, 0.15) is 27.7 Å². The van der Waals surface area contributed by atoms with E-state index in [0.29, 0.717) is 5.57 Å². The second-order valence-electron chi connectivity index (χ2n) is 3.79. The maximum Gasteiger partial charge on any atom is 0.103 e. The Balaban J connectivity index is 4.26. The highest BCUT2D eigenvalue weighted by Gasteiger charge is 2.27. The third kappa shape index (κ3) is 3.04. The molecule has 2 N–H and O–H groups in total. The third-order valence-corrected chi connectivity index (χ3v) is 1.76. The van der Waals surface area contributed by atoms with E-state index in [0.717, 1.165) is 0 Å². The molecule has 0 saturated carbocycles. The normalized spacial score (nSPS) is 15.2. The van der Waals surface area contributed by atoms with E-state index in [1.54, 1.807) is 13.8 Å². The SMILES string of the molecule is C=C(C(C)C)C(O)C(C)(C)O. The predicted octanol–water partition coefficient (Wildman–Crippen LogP) is 1.33. The van der Waals surface area contributed by atoms with Crippen molar-refractivity contribution in [1.29, 1.82) is 0 Å². The Hall–Kier alpha value is -0.340. The van der Waals surface area contributed by atoms with Crippen LogP contribution in [-0.2, 0) is 0 Å². The van der Waals surface area contributed by atoms with Crippen LogP contribution >= 0.6 is 0 Å². The number of rotatable bonds is 3. The Kier molecular flexibility index (Phi) is 3.27. The Morgan fingerprint density at radius 3 is 1.82 bits per heavy atom. The molecular formula is C9H18O2. The fraction of sp³-hybridized carbons (Fsp3) is 0.778. The summed E-state index contributed by atoms with van der Waals surface area (Å²) in [5.74, 6) is 0.205. The van der Waals surface area contributed by atoms with Gasteiger partial charge in [-0.2, -0.15) is 0 Å². The van der Waals surface area contributed by atoms with Crippen LogP contribution < -0.4 is 0 Å². The van der Waals surface area contributed by atoms with Crippen LogP contribution in [-0.4, -0.2) is 21.9 Å². The fourth-order valence-electron chi connectivity index (χ4n) is 0.769. The molecular weight excluding hydrogens is 140 g/mol. The molecule has 0 fully saturated rings. The summed E-state index contributed by atoms with van der Waals surface area (Å²) in [4.78, 5) is 0. The van der Waals surface area contributed by atoms with Crippen molar-refractivity contribution in [1.82, 2.24) is 0 Å². The quantitative estimate of drug-likeness (QED) is 0.608. The van der Waals surface area contributed by atoms with Crippen molar-refractivity contribution in [2.45, 2.75) is 39.4 Å². The Morgan fingerprint density at radius 2 is 1.73 bits per heavy atom. The molecule has 2 heteroatoms. The molecule has 0 aromatic rings. The van der Waals surface area contributed by atoms with Crippen LogP contribution in [0.4, 0.5) is 0 Å². The van der Waals surface area contributed by atoms with Crippen LogP contribution in [0.15, 0.2) is 12.2 Å². The van der Waals surface area contributed by atoms with Gasteiger partial charge in [0.15, 0.2) is 0 Å². The van der Waals surface area contributed by atoms with Crippen molar-refractivity contribution in [2.24, 2.45) is 5.92 Å². The van der Waals surface area contributed by atoms with Gasteiger partial charge in [0, 0.05) is 0 Å². The second-order valence-corrected chi connectivity index (χ2v) is 3.79. The molecule has 0 aromatic carbocycles. The largest absolute Gasteiger partial charge is 0.387 e. The zero-order valence-corrected chi connectivity index (χ0v) is 7.76. The molecule has 0 radical (unpaired) electrons. The van der Waals surface area contributed by atoms with Gasteiger partial charge >= 0.3 is 0 Å². The van der Waals surface area contributed by atoms with E-state index < -0.39 is 11.7 Å². The molecule has 0 saturated heterocycles. The maximum atomic E-state index is 9.48. The van der Waals surface area contributed by atoms with E-state index in [9.17, 15) is 10.2 Å². The summed E-state index contributed by atoms with van der Waals surface area (Å²) in [6.07, 6.45) is -0.831. The van der Waals surface area contributed by atoms with E-state index in [1.807, 2.05) is 13.8 Å². The molecule has 66 valence electrons. The van der Waals surface area contributed by atoms with E-state index in [1.165, 1.54) is 0 Å². The Labute approximate surface area is 68.6 Å². The molecule has 0 amide bonds. The summed E-state index contributed by atoms with van der Waals surface area (Å²) in [5, 5.41) is 18.9. The molecule has 1 atom stereocenters. The van der Waals surface area contributed by atoms with E-state index in [2.05, 4.69) is 6.58 Å². The van der Waals surface area contributed by atoms with Gasteiger partial charge in [0.25, 0.3) is 0 Å². The summed E-state index contributed by atoms with van der Waals surface area (Å²) in [6.45, 7) is 10.7. The minimum absolute atomic E-state index is 0.205. The highest BCUT2D eigenvalue weighted by atomic mass is 16.3. The van der Waals surface area contributed by atoms with E-state index in [-0.39, 0.29) is 5.92 Å². The summed E-state index contributed by atoms with van der Waals surface area (Å²) in [6, 6.07) is 0. The first-order valence-electron chi connectivity index (χ1n) is 3.86.